The number of carbonyl (C=O) groups is 1. The van der Waals surface area contributed by atoms with E-state index >= 15 is 0 Å². The summed E-state index contributed by atoms with van der Waals surface area (Å²) in [5.41, 5.74) is 0.870. The van der Waals surface area contributed by atoms with Crippen LogP contribution in [-0.2, 0) is 11.2 Å². The second kappa shape index (κ2) is 5.83. The molecule has 4 heteroatoms. The molecular formula is C14H17BrFNO. The number of halogens is 2. The van der Waals surface area contributed by atoms with Crippen LogP contribution in [-0.4, -0.2) is 28.7 Å². The van der Waals surface area contributed by atoms with Crippen LogP contribution in [0, 0.1) is 11.7 Å². The number of carbonyl (C=O) groups excluding carboxylic acids is 1. The fourth-order valence-corrected chi connectivity index (χ4v) is 2.60. The van der Waals surface area contributed by atoms with E-state index in [1.54, 1.807) is 12.1 Å². The number of likely N-dealkylation sites (tertiary alicyclic amines) is 1. The number of hydrogen-bond acceptors (Lipinski definition) is 1. The third kappa shape index (κ3) is 3.31. The van der Waals surface area contributed by atoms with Crippen LogP contribution in [0.3, 0.4) is 0 Å². The van der Waals surface area contributed by atoms with Crippen molar-refractivity contribution in [3.63, 3.8) is 0 Å². The van der Waals surface area contributed by atoms with Crippen molar-refractivity contribution in [3.8, 4) is 0 Å². The molecular weight excluding hydrogens is 297 g/mol. The lowest BCUT2D eigenvalue weighted by atomic mass is 9.99. The lowest BCUT2D eigenvalue weighted by Gasteiger charge is -2.34. The van der Waals surface area contributed by atoms with Crippen LogP contribution in [0.5, 0.6) is 0 Å². The molecule has 1 aromatic carbocycles. The van der Waals surface area contributed by atoms with Crippen molar-refractivity contribution in [2.24, 2.45) is 5.92 Å². The standard InChI is InChI=1S/C14H17BrFNO/c1-10-9-17(7-6-13(10)15)14(18)8-11-2-4-12(16)5-3-11/h2-5,10,13H,6-9H2,1H3. The second-order valence-electron chi connectivity index (χ2n) is 4.92. The highest BCUT2D eigenvalue weighted by Crippen LogP contribution is 2.23. The molecule has 1 aliphatic rings. The number of amides is 1. The minimum absolute atomic E-state index is 0.132. The van der Waals surface area contributed by atoms with Crippen molar-refractivity contribution in [1.82, 2.24) is 4.90 Å². The van der Waals surface area contributed by atoms with E-state index in [2.05, 4.69) is 22.9 Å². The minimum Gasteiger partial charge on any atom is -0.342 e. The van der Waals surface area contributed by atoms with Gasteiger partial charge < -0.3 is 4.90 Å². The molecule has 2 atom stereocenters. The Hall–Kier alpha value is -0.900. The van der Waals surface area contributed by atoms with Crippen molar-refractivity contribution in [1.29, 1.82) is 0 Å². The van der Waals surface area contributed by atoms with E-state index in [9.17, 15) is 9.18 Å². The summed E-state index contributed by atoms with van der Waals surface area (Å²) in [6, 6.07) is 6.15. The van der Waals surface area contributed by atoms with Gasteiger partial charge in [-0.15, -0.1) is 0 Å². The zero-order valence-electron chi connectivity index (χ0n) is 10.4. The molecule has 2 nitrogen and oxygen atoms in total. The highest BCUT2D eigenvalue weighted by molar-refractivity contribution is 9.09. The van der Waals surface area contributed by atoms with Crippen molar-refractivity contribution in [3.05, 3.63) is 35.6 Å². The van der Waals surface area contributed by atoms with Gasteiger partial charge in [0.2, 0.25) is 5.91 Å². The predicted octanol–water partition coefficient (Wildman–Crippen LogP) is 3.00. The molecule has 1 saturated heterocycles. The number of benzene rings is 1. The first kappa shape index (κ1) is 13.5. The molecule has 0 aliphatic carbocycles. The number of hydrogen-bond donors (Lipinski definition) is 0. The third-order valence-corrected chi connectivity index (χ3v) is 4.78. The molecule has 1 amide bonds. The normalized spacial score (nSPS) is 24.1. The van der Waals surface area contributed by atoms with Gasteiger partial charge in [-0.05, 0) is 30.0 Å². The van der Waals surface area contributed by atoms with Crippen LogP contribution < -0.4 is 0 Å². The van der Waals surface area contributed by atoms with Gasteiger partial charge in [0.1, 0.15) is 5.82 Å². The highest BCUT2D eigenvalue weighted by Gasteiger charge is 2.26. The van der Waals surface area contributed by atoms with Gasteiger partial charge in [-0.25, -0.2) is 4.39 Å². The summed E-state index contributed by atoms with van der Waals surface area (Å²) in [6.07, 6.45) is 1.36. The van der Waals surface area contributed by atoms with E-state index in [0.717, 1.165) is 25.1 Å². The Labute approximate surface area is 115 Å². The Balaban J connectivity index is 1.94. The topological polar surface area (TPSA) is 20.3 Å². The van der Waals surface area contributed by atoms with Crippen LogP contribution in [0.4, 0.5) is 4.39 Å². The van der Waals surface area contributed by atoms with Gasteiger partial charge in [-0.1, -0.05) is 35.0 Å². The molecule has 0 N–H and O–H groups in total. The molecule has 0 aromatic heterocycles. The van der Waals surface area contributed by atoms with Gasteiger partial charge in [0.15, 0.2) is 0 Å². The molecule has 0 saturated carbocycles. The summed E-state index contributed by atoms with van der Waals surface area (Å²) < 4.78 is 12.8. The molecule has 1 aliphatic heterocycles. The lowest BCUT2D eigenvalue weighted by Crippen LogP contribution is -2.43. The van der Waals surface area contributed by atoms with Gasteiger partial charge in [-0.2, -0.15) is 0 Å². The van der Waals surface area contributed by atoms with Crippen molar-refractivity contribution < 1.29 is 9.18 Å². The summed E-state index contributed by atoms with van der Waals surface area (Å²) in [6.45, 7) is 3.76. The van der Waals surface area contributed by atoms with Crippen LogP contribution in [0.1, 0.15) is 18.9 Å². The SMILES string of the molecule is CC1CN(C(=O)Cc2ccc(F)cc2)CCC1Br. The molecule has 1 heterocycles. The fraction of sp³-hybridized carbons (Fsp3) is 0.500. The maximum atomic E-state index is 12.8. The maximum Gasteiger partial charge on any atom is 0.226 e. The van der Waals surface area contributed by atoms with Crippen molar-refractivity contribution in [2.45, 2.75) is 24.6 Å². The number of piperidine rings is 1. The van der Waals surface area contributed by atoms with Gasteiger partial charge >= 0.3 is 0 Å². The van der Waals surface area contributed by atoms with Crippen LogP contribution in [0.25, 0.3) is 0 Å². The largest absolute Gasteiger partial charge is 0.342 e. The summed E-state index contributed by atoms with van der Waals surface area (Å²) in [5, 5.41) is 0. The van der Waals surface area contributed by atoms with Gasteiger partial charge in [-0.3, -0.25) is 4.79 Å². The third-order valence-electron chi connectivity index (χ3n) is 3.42. The van der Waals surface area contributed by atoms with Gasteiger partial charge in [0.25, 0.3) is 0 Å². The first-order valence-corrected chi connectivity index (χ1v) is 7.14. The maximum absolute atomic E-state index is 12.8. The average Bonchev–Trinajstić information content (AvgIpc) is 2.35. The zero-order chi connectivity index (χ0) is 13.1. The summed E-state index contributed by atoms with van der Waals surface area (Å²) >= 11 is 3.63. The molecule has 1 aromatic rings. The van der Waals surface area contributed by atoms with E-state index in [0.29, 0.717) is 17.2 Å². The monoisotopic (exact) mass is 313 g/mol. The first-order valence-electron chi connectivity index (χ1n) is 6.22. The van der Waals surface area contributed by atoms with Crippen LogP contribution >= 0.6 is 15.9 Å². The van der Waals surface area contributed by atoms with Crippen molar-refractivity contribution >= 4 is 21.8 Å². The zero-order valence-corrected chi connectivity index (χ0v) is 12.0. The lowest BCUT2D eigenvalue weighted by molar-refractivity contribution is -0.132. The van der Waals surface area contributed by atoms with Crippen LogP contribution in [0.2, 0.25) is 0 Å². The molecule has 0 bridgehead atoms. The Bertz CT molecular complexity index is 420. The second-order valence-corrected chi connectivity index (χ2v) is 6.10. The average molecular weight is 314 g/mol. The van der Waals surface area contributed by atoms with E-state index in [1.165, 1.54) is 12.1 Å². The fourth-order valence-electron chi connectivity index (χ4n) is 2.23. The van der Waals surface area contributed by atoms with Gasteiger partial charge in [0.05, 0.1) is 6.42 Å². The van der Waals surface area contributed by atoms with E-state index in [1.807, 2.05) is 4.90 Å². The first-order chi connectivity index (χ1) is 8.56. The molecule has 2 rings (SSSR count). The van der Waals surface area contributed by atoms with Gasteiger partial charge in [0, 0.05) is 17.9 Å². The molecule has 98 valence electrons. The smallest absolute Gasteiger partial charge is 0.226 e. The molecule has 2 unspecified atom stereocenters. The minimum atomic E-state index is -0.264. The predicted molar refractivity (Wildman–Crippen MR) is 73.2 cm³/mol. The quantitative estimate of drug-likeness (QED) is 0.769. The summed E-state index contributed by atoms with van der Waals surface area (Å²) in [7, 11) is 0. The molecule has 0 radical (unpaired) electrons. The van der Waals surface area contributed by atoms with Crippen molar-refractivity contribution in [2.75, 3.05) is 13.1 Å². The van der Waals surface area contributed by atoms with Crippen LogP contribution in [0.15, 0.2) is 24.3 Å². The Morgan fingerprint density at radius 3 is 2.72 bits per heavy atom. The van der Waals surface area contributed by atoms with E-state index < -0.39 is 0 Å². The number of rotatable bonds is 2. The molecule has 1 fully saturated rings. The molecule has 0 spiro atoms. The highest BCUT2D eigenvalue weighted by atomic mass is 79.9. The Morgan fingerprint density at radius 2 is 2.11 bits per heavy atom. The number of alkyl halides is 1. The Morgan fingerprint density at radius 1 is 1.44 bits per heavy atom. The van der Waals surface area contributed by atoms with E-state index in [4.69, 9.17) is 0 Å². The number of nitrogens with zero attached hydrogens (tertiary/aromatic N) is 1. The Kier molecular flexibility index (Phi) is 4.38. The summed E-state index contributed by atoms with van der Waals surface area (Å²) in [4.78, 5) is 14.5. The summed E-state index contributed by atoms with van der Waals surface area (Å²) in [5.74, 6) is 0.351. The molecule has 18 heavy (non-hydrogen) atoms. The van der Waals surface area contributed by atoms with E-state index in [-0.39, 0.29) is 11.7 Å².